The Morgan fingerprint density at radius 2 is 2.07 bits per heavy atom. The van der Waals surface area contributed by atoms with Crippen LogP contribution >= 0.6 is 0 Å². The first-order valence-corrected chi connectivity index (χ1v) is 5.71. The molecule has 1 aliphatic carbocycles. The molecule has 0 heterocycles. The van der Waals surface area contributed by atoms with E-state index in [2.05, 4.69) is 0 Å². The maximum Gasteiger partial charge on any atom is 0.233 e. The van der Waals surface area contributed by atoms with E-state index in [1.54, 1.807) is 0 Å². The van der Waals surface area contributed by atoms with Crippen molar-refractivity contribution in [2.45, 2.75) is 45.4 Å². The van der Waals surface area contributed by atoms with Crippen molar-refractivity contribution in [1.82, 2.24) is 5.06 Å². The Kier molecular flexibility index (Phi) is 5.60. The van der Waals surface area contributed by atoms with Crippen LogP contribution in [0.25, 0.3) is 0 Å². The number of amides is 1. The molecule has 14 heavy (non-hydrogen) atoms. The van der Waals surface area contributed by atoms with E-state index in [9.17, 15) is 4.79 Å². The molecule has 0 aromatic heterocycles. The summed E-state index contributed by atoms with van der Waals surface area (Å²) in [5, 5.41) is 1.36. The normalized spacial score (nSPS) is 18.1. The van der Waals surface area contributed by atoms with Crippen molar-refractivity contribution in [2.75, 3.05) is 13.2 Å². The molecule has 0 aromatic carbocycles. The molecule has 1 amide bonds. The summed E-state index contributed by atoms with van der Waals surface area (Å²) in [4.78, 5) is 15.7. The Morgan fingerprint density at radius 3 is 2.64 bits per heavy atom. The molecule has 1 saturated carbocycles. The lowest BCUT2D eigenvalue weighted by molar-refractivity contribution is -0.172. The fourth-order valence-electron chi connectivity index (χ4n) is 2.01. The summed E-state index contributed by atoms with van der Waals surface area (Å²) < 4.78 is 0. The maximum atomic E-state index is 10.4. The third-order valence-corrected chi connectivity index (χ3v) is 2.94. The maximum absolute atomic E-state index is 10.4. The molecule has 0 bridgehead atoms. The molecule has 1 fully saturated rings. The number of hydrogen-bond acceptors (Lipinski definition) is 2. The molecule has 0 unspecified atom stereocenters. The van der Waals surface area contributed by atoms with Gasteiger partial charge in [0.2, 0.25) is 6.41 Å². The number of nitrogens with zero attached hydrogens (tertiary/aromatic N) is 1. The Balaban J connectivity index is 2.04. The smallest absolute Gasteiger partial charge is 0.233 e. The summed E-state index contributed by atoms with van der Waals surface area (Å²) >= 11 is 0. The van der Waals surface area contributed by atoms with E-state index in [4.69, 9.17) is 4.84 Å². The molecule has 82 valence electrons. The summed E-state index contributed by atoms with van der Waals surface area (Å²) in [7, 11) is 0. The Hall–Kier alpha value is -0.570. The van der Waals surface area contributed by atoms with Gasteiger partial charge in [-0.25, -0.2) is 5.06 Å². The molecule has 1 rings (SSSR count). The molecule has 0 aromatic rings. The molecule has 0 aliphatic heterocycles. The summed E-state index contributed by atoms with van der Waals surface area (Å²) in [6.07, 6.45) is 8.68. The minimum atomic E-state index is 0.633. The number of carbonyl (C=O) groups is 1. The first-order valence-electron chi connectivity index (χ1n) is 5.71. The highest BCUT2D eigenvalue weighted by molar-refractivity contribution is 5.44. The zero-order valence-electron chi connectivity index (χ0n) is 9.08. The largest absolute Gasteiger partial charge is 0.276 e. The van der Waals surface area contributed by atoms with Gasteiger partial charge in [0.05, 0.1) is 6.61 Å². The minimum Gasteiger partial charge on any atom is -0.276 e. The van der Waals surface area contributed by atoms with Gasteiger partial charge in [-0.05, 0) is 19.3 Å². The van der Waals surface area contributed by atoms with Crippen LogP contribution in [-0.4, -0.2) is 24.6 Å². The summed E-state index contributed by atoms with van der Waals surface area (Å²) in [6.45, 7) is 3.24. The van der Waals surface area contributed by atoms with E-state index >= 15 is 0 Å². The van der Waals surface area contributed by atoms with Gasteiger partial charge >= 0.3 is 0 Å². The molecule has 0 radical (unpaired) electrons. The predicted molar refractivity (Wildman–Crippen MR) is 55.6 cm³/mol. The fourth-order valence-corrected chi connectivity index (χ4v) is 2.01. The zero-order chi connectivity index (χ0) is 10.2. The molecule has 0 spiro atoms. The lowest BCUT2D eigenvalue weighted by atomic mass is 9.87. The van der Waals surface area contributed by atoms with Crippen molar-refractivity contribution < 1.29 is 9.63 Å². The summed E-state index contributed by atoms with van der Waals surface area (Å²) in [5.74, 6) is 0.828. The van der Waals surface area contributed by atoms with Crippen molar-refractivity contribution >= 4 is 6.41 Å². The second kappa shape index (κ2) is 6.82. The van der Waals surface area contributed by atoms with Gasteiger partial charge in [-0.2, -0.15) is 0 Å². The number of hydrogen-bond donors (Lipinski definition) is 0. The van der Waals surface area contributed by atoms with Crippen LogP contribution in [0.2, 0.25) is 0 Å². The zero-order valence-corrected chi connectivity index (χ0v) is 9.08. The van der Waals surface area contributed by atoms with E-state index in [0.29, 0.717) is 13.2 Å². The molecule has 0 N–H and O–H groups in total. The van der Waals surface area contributed by atoms with Crippen LogP contribution in [0.3, 0.4) is 0 Å². The molecular formula is C11H21NO2. The highest BCUT2D eigenvalue weighted by atomic mass is 16.7. The molecule has 0 atom stereocenters. The molecular weight excluding hydrogens is 178 g/mol. The minimum absolute atomic E-state index is 0.633. The van der Waals surface area contributed by atoms with Crippen molar-refractivity contribution in [2.24, 2.45) is 5.92 Å². The van der Waals surface area contributed by atoms with Crippen LogP contribution in [0.4, 0.5) is 0 Å². The third kappa shape index (κ3) is 4.09. The number of hydroxylamine groups is 2. The molecule has 0 saturated heterocycles. The van der Waals surface area contributed by atoms with Crippen LogP contribution in [0.15, 0.2) is 0 Å². The van der Waals surface area contributed by atoms with E-state index in [1.165, 1.54) is 37.2 Å². The van der Waals surface area contributed by atoms with Crippen LogP contribution < -0.4 is 0 Å². The standard InChI is InChI=1S/C11H21NO2/c1-2-12(10-13)14-9-8-11-6-4-3-5-7-11/h10-11H,2-9H2,1H3. The van der Waals surface area contributed by atoms with Gasteiger partial charge in [-0.3, -0.25) is 9.63 Å². The van der Waals surface area contributed by atoms with Gasteiger partial charge in [-0.15, -0.1) is 0 Å². The lowest BCUT2D eigenvalue weighted by Gasteiger charge is -2.22. The topological polar surface area (TPSA) is 29.5 Å². The van der Waals surface area contributed by atoms with Crippen LogP contribution in [-0.2, 0) is 9.63 Å². The van der Waals surface area contributed by atoms with Gasteiger partial charge in [0.15, 0.2) is 0 Å². The number of rotatable bonds is 6. The fraction of sp³-hybridized carbons (Fsp3) is 0.909. The average molecular weight is 199 g/mol. The Labute approximate surface area is 86.4 Å². The quantitative estimate of drug-likeness (QED) is 0.485. The number of carbonyl (C=O) groups excluding carboxylic acids is 1. The van der Waals surface area contributed by atoms with Crippen molar-refractivity contribution in [1.29, 1.82) is 0 Å². The van der Waals surface area contributed by atoms with E-state index in [1.807, 2.05) is 6.92 Å². The second-order valence-electron chi connectivity index (χ2n) is 3.96. The van der Waals surface area contributed by atoms with Gasteiger partial charge in [0, 0.05) is 6.54 Å². The Bertz CT molecular complexity index is 155. The van der Waals surface area contributed by atoms with Crippen LogP contribution in [0.1, 0.15) is 45.4 Å². The van der Waals surface area contributed by atoms with Crippen LogP contribution in [0, 0.1) is 5.92 Å². The van der Waals surface area contributed by atoms with Gasteiger partial charge < -0.3 is 0 Å². The molecule has 1 aliphatic rings. The first-order chi connectivity index (χ1) is 6.86. The van der Waals surface area contributed by atoms with Crippen molar-refractivity contribution in [3.8, 4) is 0 Å². The van der Waals surface area contributed by atoms with Gasteiger partial charge in [0.1, 0.15) is 0 Å². The molecule has 3 nitrogen and oxygen atoms in total. The summed E-state index contributed by atoms with van der Waals surface area (Å²) in [5.41, 5.74) is 0. The summed E-state index contributed by atoms with van der Waals surface area (Å²) in [6, 6.07) is 0. The highest BCUT2D eigenvalue weighted by Crippen LogP contribution is 2.26. The monoisotopic (exact) mass is 199 g/mol. The van der Waals surface area contributed by atoms with Gasteiger partial charge in [-0.1, -0.05) is 32.1 Å². The Morgan fingerprint density at radius 1 is 1.36 bits per heavy atom. The van der Waals surface area contributed by atoms with Gasteiger partial charge in [0.25, 0.3) is 0 Å². The first kappa shape index (κ1) is 11.5. The highest BCUT2D eigenvalue weighted by Gasteiger charge is 2.13. The van der Waals surface area contributed by atoms with E-state index < -0.39 is 0 Å². The lowest BCUT2D eigenvalue weighted by Crippen LogP contribution is -2.23. The van der Waals surface area contributed by atoms with E-state index in [-0.39, 0.29) is 0 Å². The average Bonchev–Trinajstić information content (AvgIpc) is 2.26. The van der Waals surface area contributed by atoms with Crippen LogP contribution in [0.5, 0.6) is 0 Å². The predicted octanol–water partition coefficient (Wildman–Crippen LogP) is 2.37. The molecule has 3 heteroatoms. The van der Waals surface area contributed by atoms with Crippen molar-refractivity contribution in [3.63, 3.8) is 0 Å². The van der Waals surface area contributed by atoms with E-state index in [0.717, 1.165) is 18.7 Å². The second-order valence-corrected chi connectivity index (χ2v) is 3.96. The van der Waals surface area contributed by atoms with Crippen molar-refractivity contribution in [3.05, 3.63) is 0 Å². The SMILES string of the molecule is CCN(C=O)OCCC1CCCCC1. The third-order valence-electron chi connectivity index (χ3n) is 2.94.